The van der Waals surface area contributed by atoms with E-state index < -0.39 is 0 Å². The first-order valence-corrected chi connectivity index (χ1v) is 5.72. The van der Waals surface area contributed by atoms with Gasteiger partial charge in [0.2, 0.25) is 0 Å². The molecule has 2 rings (SSSR count). The van der Waals surface area contributed by atoms with Gasteiger partial charge in [-0.1, -0.05) is 44.2 Å². The highest BCUT2D eigenvalue weighted by molar-refractivity contribution is 5.34. The molecule has 1 fully saturated rings. The van der Waals surface area contributed by atoms with E-state index in [1.165, 1.54) is 18.4 Å². The molecular formula is C13H20N2. The molecule has 0 radical (unpaired) electrons. The summed E-state index contributed by atoms with van der Waals surface area (Å²) in [6.07, 6.45) is 2.51. The first-order chi connectivity index (χ1) is 7.20. The predicted octanol–water partition coefficient (Wildman–Crippen LogP) is 2.21. The van der Waals surface area contributed by atoms with Gasteiger partial charge >= 0.3 is 0 Å². The molecule has 82 valence electrons. The zero-order chi connectivity index (χ0) is 10.9. The Kier molecular flexibility index (Phi) is 2.81. The fraction of sp³-hybridized carbons (Fsp3) is 0.538. The van der Waals surface area contributed by atoms with Crippen LogP contribution >= 0.6 is 0 Å². The Morgan fingerprint density at radius 2 is 1.80 bits per heavy atom. The van der Waals surface area contributed by atoms with Crippen LogP contribution in [0.4, 0.5) is 0 Å². The standard InChI is InChI=1S/C13H20N2/c1-10(2)12(15-14)13(8-9-13)11-6-4-3-5-7-11/h3-7,10,12,15H,8-9,14H2,1-2H3. The molecule has 2 nitrogen and oxygen atoms in total. The summed E-state index contributed by atoms with van der Waals surface area (Å²) < 4.78 is 0. The van der Waals surface area contributed by atoms with E-state index in [0.717, 1.165) is 0 Å². The Morgan fingerprint density at radius 3 is 2.20 bits per heavy atom. The highest BCUT2D eigenvalue weighted by Gasteiger charge is 2.51. The summed E-state index contributed by atoms with van der Waals surface area (Å²) in [6, 6.07) is 11.1. The van der Waals surface area contributed by atoms with Crippen LogP contribution in [0.3, 0.4) is 0 Å². The number of hydrogen-bond donors (Lipinski definition) is 2. The van der Waals surface area contributed by atoms with Crippen LogP contribution in [0.2, 0.25) is 0 Å². The minimum atomic E-state index is 0.296. The lowest BCUT2D eigenvalue weighted by atomic mass is 9.82. The normalized spacial score (nSPS) is 20.3. The number of hydrazine groups is 1. The summed E-state index contributed by atoms with van der Waals surface area (Å²) >= 11 is 0. The highest BCUT2D eigenvalue weighted by Crippen LogP contribution is 2.52. The van der Waals surface area contributed by atoms with Gasteiger partial charge in [0.25, 0.3) is 0 Å². The lowest BCUT2D eigenvalue weighted by molar-refractivity contribution is 0.331. The molecule has 0 heterocycles. The Hall–Kier alpha value is -0.860. The van der Waals surface area contributed by atoms with Crippen LogP contribution in [0.25, 0.3) is 0 Å². The third kappa shape index (κ3) is 1.80. The fourth-order valence-electron chi connectivity index (χ4n) is 2.67. The number of benzene rings is 1. The SMILES string of the molecule is CC(C)C(NN)C1(c2ccccc2)CC1. The minimum absolute atomic E-state index is 0.296. The zero-order valence-electron chi connectivity index (χ0n) is 9.53. The molecule has 0 bridgehead atoms. The summed E-state index contributed by atoms with van der Waals surface area (Å²) in [6.45, 7) is 4.46. The molecule has 1 unspecified atom stereocenters. The van der Waals surface area contributed by atoms with Crippen molar-refractivity contribution in [3.8, 4) is 0 Å². The molecule has 1 aliphatic rings. The third-order valence-electron chi connectivity index (χ3n) is 3.58. The Balaban J connectivity index is 2.27. The summed E-state index contributed by atoms with van der Waals surface area (Å²) in [5.74, 6) is 6.25. The molecule has 0 spiro atoms. The van der Waals surface area contributed by atoms with Crippen LogP contribution in [-0.2, 0) is 5.41 Å². The number of rotatable bonds is 4. The van der Waals surface area contributed by atoms with Crippen LogP contribution in [0.15, 0.2) is 30.3 Å². The monoisotopic (exact) mass is 204 g/mol. The maximum Gasteiger partial charge on any atom is 0.0330 e. The van der Waals surface area contributed by atoms with Crippen LogP contribution in [0.1, 0.15) is 32.3 Å². The summed E-state index contributed by atoms with van der Waals surface area (Å²) in [4.78, 5) is 0. The molecular weight excluding hydrogens is 184 g/mol. The van der Waals surface area contributed by atoms with Crippen LogP contribution in [0.5, 0.6) is 0 Å². The Morgan fingerprint density at radius 1 is 1.20 bits per heavy atom. The summed E-state index contributed by atoms with van der Waals surface area (Å²) in [5, 5.41) is 0. The van der Waals surface area contributed by atoms with Gasteiger partial charge in [0.05, 0.1) is 0 Å². The largest absolute Gasteiger partial charge is 0.271 e. The van der Waals surface area contributed by atoms with Crippen molar-refractivity contribution >= 4 is 0 Å². The van der Waals surface area contributed by atoms with E-state index in [4.69, 9.17) is 5.84 Å². The van der Waals surface area contributed by atoms with Gasteiger partial charge in [-0.15, -0.1) is 0 Å². The second kappa shape index (κ2) is 3.95. The second-order valence-electron chi connectivity index (χ2n) is 4.91. The quantitative estimate of drug-likeness (QED) is 0.583. The van der Waals surface area contributed by atoms with Crippen molar-refractivity contribution in [2.45, 2.75) is 38.1 Å². The zero-order valence-corrected chi connectivity index (χ0v) is 9.53. The molecule has 0 aromatic heterocycles. The molecule has 1 atom stereocenters. The van der Waals surface area contributed by atoms with E-state index in [1.54, 1.807) is 0 Å². The van der Waals surface area contributed by atoms with E-state index in [2.05, 4.69) is 49.6 Å². The van der Waals surface area contributed by atoms with E-state index in [9.17, 15) is 0 Å². The van der Waals surface area contributed by atoms with Crippen molar-refractivity contribution in [2.24, 2.45) is 11.8 Å². The summed E-state index contributed by atoms with van der Waals surface area (Å²) in [5.41, 5.74) is 4.73. The first-order valence-electron chi connectivity index (χ1n) is 5.72. The average Bonchev–Trinajstić information content (AvgIpc) is 3.01. The molecule has 1 aromatic carbocycles. The van der Waals surface area contributed by atoms with Crippen molar-refractivity contribution < 1.29 is 0 Å². The molecule has 2 heteroatoms. The third-order valence-corrected chi connectivity index (χ3v) is 3.58. The van der Waals surface area contributed by atoms with Crippen molar-refractivity contribution in [1.29, 1.82) is 0 Å². The second-order valence-corrected chi connectivity index (χ2v) is 4.91. The van der Waals surface area contributed by atoms with E-state index >= 15 is 0 Å². The molecule has 1 aliphatic carbocycles. The lowest BCUT2D eigenvalue weighted by Gasteiger charge is -2.30. The molecule has 3 N–H and O–H groups in total. The number of hydrogen-bond acceptors (Lipinski definition) is 2. The topological polar surface area (TPSA) is 38.0 Å². The Bertz CT molecular complexity index is 315. The van der Waals surface area contributed by atoms with Gasteiger partial charge < -0.3 is 0 Å². The van der Waals surface area contributed by atoms with Crippen LogP contribution < -0.4 is 11.3 Å². The first kappa shape index (κ1) is 10.7. The van der Waals surface area contributed by atoms with E-state index in [1.807, 2.05) is 0 Å². The molecule has 15 heavy (non-hydrogen) atoms. The van der Waals surface area contributed by atoms with Gasteiger partial charge in [0.15, 0.2) is 0 Å². The minimum Gasteiger partial charge on any atom is -0.271 e. The number of nitrogens with one attached hydrogen (secondary N) is 1. The van der Waals surface area contributed by atoms with Gasteiger partial charge in [-0.3, -0.25) is 11.3 Å². The molecule has 1 saturated carbocycles. The Labute approximate surface area is 91.8 Å². The summed E-state index contributed by atoms with van der Waals surface area (Å²) in [7, 11) is 0. The molecule has 0 amide bonds. The fourth-order valence-corrected chi connectivity index (χ4v) is 2.67. The number of nitrogens with two attached hydrogens (primary N) is 1. The van der Waals surface area contributed by atoms with E-state index in [0.29, 0.717) is 17.4 Å². The van der Waals surface area contributed by atoms with Gasteiger partial charge in [0.1, 0.15) is 0 Å². The molecule has 0 aliphatic heterocycles. The van der Waals surface area contributed by atoms with Gasteiger partial charge in [-0.2, -0.15) is 0 Å². The van der Waals surface area contributed by atoms with Crippen molar-refractivity contribution in [3.63, 3.8) is 0 Å². The average molecular weight is 204 g/mol. The van der Waals surface area contributed by atoms with Gasteiger partial charge in [-0.25, -0.2) is 0 Å². The smallest absolute Gasteiger partial charge is 0.0330 e. The molecule has 0 saturated heterocycles. The predicted molar refractivity (Wildman–Crippen MR) is 63.3 cm³/mol. The van der Waals surface area contributed by atoms with Crippen LogP contribution in [0, 0.1) is 5.92 Å². The van der Waals surface area contributed by atoms with Crippen LogP contribution in [-0.4, -0.2) is 6.04 Å². The van der Waals surface area contributed by atoms with Crippen molar-refractivity contribution in [2.75, 3.05) is 0 Å². The van der Waals surface area contributed by atoms with Gasteiger partial charge in [-0.05, 0) is 24.3 Å². The van der Waals surface area contributed by atoms with Gasteiger partial charge in [0, 0.05) is 11.5 Å². The lowest BCUT2D eigenvalue weighted by Crippen LogP contribution is -2.47. The maximum atomic E-state index is 5.69. The van der Waals surface area contributed by atoms with Crippen molar-refractivity contribution in [1.82, 2.24) is 5.43 Å². The van der Waals surface area contributed by atoms with Crippen molar-refractivity contribution in [3.05, 3.63) is 35.9 Å². The van der Waals surface area contributed by atoms with E-state index in [-0.39, 0.29) is 0 Å². The maximum absolute atomic E-state index is 5.69. The molecule has 1 aromatic rings. The highest BCUT2D eigenvalue weighted by atomic mass is 15.2.